The van der Waals surface area contributed by atoms with Gasteiger partial charge in [0.25, 0.3) is 0 Å². The van der Waals surface area contributed by atoms with Crippen LogP contribution in [0.15, 0.2) is 24.3 Å². The van der Waals surface area contributed by atoms with Gasteiger partial charge in [0, 0.05) is 0 Å². The summed E-state index contributed by atoms with van der Waals surface area (Å²) in [7, 11) is 0. The maximum Gasteiger partial charge on any atom is 0.122 e. The maximum absolute atomic E-state index is 5.80. The van der Waals surface area contributed by atoms with E-state index in [1.54, 1.807) is 0 Å². The molecule has 1 N–H and O–H groups in total. The minimum absolute atomic E-state index is 0.236. The Morgan fingerprint density at radius 1 is 1.12 bits per heavy atom. The number of nitrogens with one attached hydrogen (secondary N) is 1. The number of hydrogen-bond acceptors (Lipinski definition) is 2. The summed E-state index contributed by atoms with van der Waals surface area (Å²) in [5, 5.41) is 3.46. The maximum atomic E-state index is 5.80. The molecule has 0 aliphatic rings. The van der Waals surface area contributed by atoms with E-state index < -0.39 is 0 Å². The predicted octanol–water partition coefficient (Wildman–Crippen LogP) is 3.26. The summed E-state index contributed by atoms with van der Waals surface area (Å²) >= 11 is 0. The molecular formula is C15H25NO. The predicted molar refractivity (Wildman–Crippen MR) is 73.6 cm³/mol. The summed E-state index contributed by atoms with van der Waals surface area (Å²) in [4.78, 5) is 0. The topological polar surface area (TPSA) is 21.3 Å². The summed E-state index contributed by atoms with van der Waals surface area (Å²) < 4.78 is 5.80. The molecular weight excluding hydrogens is 210 g/mol. The molecule has 0 amide bonds. The van der Waals surface area contributed by atoms with Crippen molar-refractivity contribution in [2.75, 3.05) is 13.1 Å². The van der Waals surface area contributed by atoms with Crippen molar-refractivity contribution in [1.29, 1.82) is 0 Å². The standard InChI is InChI=1S/C15H25NO/c1-12(2)11-16-10-9-14-7-5-6-8-15(14)17-13(3)4/h5-8,12-13,16H,9-11H2,1-4H3. The van der Waals surface area contributed by atoms with Crippen molar-refractivity contribution in [2.24, 2.45) is 5.92 Å². The van der Waals surface area contributed by atoms with Gasteiger partial charge < -0.3 is 10.1 Å². The summed E-state index contributed by atoms with van der Waals surface area (Å²) in [6.45, 7) is 10.7. The average Bonchev–Trinajstić information content (AvgIpc) is 2.25. The second-order valence-corrected chi connectivity index (χ2v) is 5.12. The van der Waals surface area contributed by atoms with E-state index in [1.165, 1.54) is 5.56 Å². The molecule has 0 unspecified atom stereocenters. The van der Waals surface area contributed by atoms with Crippen molar-refractivity contribution < 1.29 is 4.74 Å². The van der Waals surface area contributed by atoms with Crippen LogP contribution in [0.5, 0.6) is 5.75 Å². The van der Waals surface area contributed by atoms with E-state index in [1.807, 2.05) is 6.07 Å². The van der Waals surface area contributed by atoms with Crippen molar-refractivity contribution in [1.82, 2.24) is 5.32 Å². The highest BCUT2D eigenvalue weighted by atomic mass is 16.5. The first-order valence-electron chi connectivity index (χ1n) is 6.55. The van der Waals surface area contributed by atoms with E-state index in [9.17, 15) is 0 Å². The largest absolute Gasteiger partial charge is 0.491 e. The summed E-state index contributed by atoms with van der Waals surface area (Å²) in [5.74, 6) is 1.73. The van der Waals surface area contributed by atoms with Gasteiger partial charge in [-0.3, -0.25) is 0 Å². The van der Waals surface area contributed by atoms with E-state index in [0.29, 0.717) is 5.92 Å². The molecule has 0 saturated heterocycles. The lowest BCUT2D eigenvalue weighted by atomic mass is 10.1. The van der Waals surface area contributed by atoms with Crippen molar-refractivity contribution in [3.8, 4) is 5.75 Å². The zero-order valence-electron chi connectivity index (χ0n) is 11.5. The van der Waals surface area contributed by atoms with Crippen molar-refractivity contribution >= 4 is 0 Å². The van der Waals surface area contributed by atoms with Crippen LogP contribution in [0.3, 0.4) is 0 Å². The third-order valence-corrected chi connectivity index (χ3v) is 2.46. The van der Waals surface area contributed by atoms with Gasteiger partial charge in [-0.2, -0.15) is 0 Å². The molecule has 17 heavy (non-hydrogen) atoms. The smallest absolute Gasteiger partial charge is 0.122 e. The number of ether oxygens (including phenoxy) is 1. The van der Waals surface area contributed by atoms with Crippen molar-refractivity contribution in [2.45, 2.75) is 40.2 Å². The van der Waals surface area contributed by atoms with Gasteiger partial charge >= 0.3 is 0 Å². The van der Waals surface area contributed by atoms with E-state index in [4.69, 9.17) is 4.74 Å². The minimum atomic E-state index is 0.236. The molecule has 2 heteroatoms. The Labute approximate surface area is 105 Å². The van der Waals surface area contributed by atoms with Gasteiger partial charge in [-0.1, -0.05) is 32.0 Å². The molecule has 0 atom stereocenters. The first-order chi connectivity index (χ1) is 8.09. The second kappa shape index (κ2) is 7.33. The fourth-order valence-electron chi connectivity index (χ4n) is 1.69. The third-order valence-electron chi connectivity index (χ3n) is 2.46. The molecule has 1 rings (SSSR count). The molecule has 0 radical (unpaired) electrons. The Balaban J connectivity index is 2.46. The Bertz CT molecular complexity index is 320. The van der Waals surface area contributed by atoms with Crippen LogP contribution in [0.25, 0.3) is 0 Å². The molecule has 1 aromatic carbocycles. The van der Waals surface area contributed by atoms with Gasteiger partial charge in [-0.25, -0.2) is 0 Å². The SMILES string of the molecule is CC(C)CNCCc1ccccc1OC(C)C. The van der Waals surface area contributed by atoms with Gasteiger partial charge in [-0.15, -0.1) is 0 Å². The van der Waals surface area contributed by atoms with Gasteiger partial charge in [0.1, 0.15) is 5.75 Å². The highest BCUT2D eigenvalue weighted by molar-refractivity contribution is 5.33. The summed E-state index contributed by atoms with van der Waals surface area (Å²) in [6.07, 6.45) is 1.26. The summed E-state index contributed by atoms with van der Waals surface area (Å²) in [6, 6.07) is 8.31. The molecule has 0 fully saturated rings. The monoisotopic (exact) mass is 235 g/mol. The first kappa shape index (κ1) is 14.0. The first-order valence-corrected chi connectivity index (χ1v) is 6.55. The highest BCUT2D eigenvalue weighted by Crippen LogP contribution is 2.19. The molecule has 1 aromatic rings. The molecule has 2 nitrogen and oxygen atoms in total. The summed E-state index contributed by atoms with van der Waals surface area (Å²) in [5.41, 5.74) is 1.29. The van der Waals surface area contributed by atoms with Crippen LogP contribution < -0.4 is 10.1 Å². The number of rotatable bonds is 7. The van der Waals surface area contributed by atoms with Gasteiger partial charge in [0.2, 0.25) is 0 Å². The van der Waals surface area contributed by atoms with Crippen LogP contribution in [-0.4, -0.2) is 19.2 Å². The van der Waals surface area contributed by atoms with Crippen LogP contribution in [0, 0.1) is 5.92 Å². The molecule has 0 spiro atoms. The molecule has 0 aliphatic carbocycles. The van der Waals surface area contributed by atoms with Gasteiger partial charge in [0.05, 0.1) is 6.10 Å². The molecule has 0 aromatic heterocycles. The Morgan fingerprint density at radius 2 is 1.82 bits per heavy atom. The van der Waals surface area contributed by atoms with E-state index in [-0.39, 0.29) is 6.10 Å². The lowest BCUT2D eigenvalue weighted by molar-refractivity contribution is 0.240. The Morgan fingerprint density at radius 3 is 2.47 bits per heavy atom. The fraction of sp³-hybridized carbons (Fsp3) is 0.600. The highest BCUT2D eigenvalue weighted by Gasteiger charge is 2.04. The normalized spacial score (nSPS) is 11.2. The average molecular weight is 235 g/mol. The van der Waals surface area contributed by atoms with Crippen LogP contribution in [-0.2, 0) is 6.42 Å². The van der Waals surface area contributed by atoms with E-state index >= 15 is 0 Å². The van der Waals surface area contributed by atoms with Crippen molar-refractivity contribution in [3.05, 3.63) is 29.8 Å². The quantitative estimate of drug-likeness (QED) is 0.732. The van der Waals surface area contributed by atoms with Crippen LogP contribution in [0.1, 0.15) is 33.3 Å². The van der Waals surface area contributed by atoms with E-state index in [0.717, 1.165) is 25.3 Å². The third kappa shape index (κ3) is 5.73. The Hall–Kier alpha value is -1.02. The number of hydrogen-bond donors (Lipinski definition) is 1. The van der Waals surface area contributed by atoms with Gasteiger partial charge in [-0.05, 0) is 50.9 Å². The van der Waals surface area contributed by atoms with Crippen molar-refractivity contribution in [3.63, 3.8) is 0 Å². The lowest BCUT2D eigenvalue weighted by Crippen LogP contribution is -2.22. The molecule has 0 heterocycles. The van der Waals surface area contributed by atoms with Gasteiger partial charge in [0.15, 0.2) is 0 Å². The molecule has 0 saturated carbocycles. The molecule has 0 bridgehead atoms. The minimum Gasteiger partial charge on any atom is -0.491 e. The lowest BCUT2D eigenvalue weighted by Gasteiger charge is -2.14. The van der Waals surface area contributed by atoms with Crippen LogP contribution in [0.2, 0.25) is 0 Å². The van der Waals surface area contributed by atoms with E-state index in [2.05, 4.69) is 51.2 Å². The fourth-order valence-corrected chi connectivity index (χ4v) is 1.69. The van der Waals surface area contributed by atoms with Crippen LogP contribution >= 0.6 is 0 Å². The molecule has 0 aliphatic heterocycles. The zero-order chi connectivity index (χ0) is 12.7. The Kier molecular flexibility index (Phi) is 6.06. The molecule has 96 valence electrons. The number of para-hydroxylation sites is 1. The number of benzene rings is 1. The zero-order valence-corrected chi connectivity index (χ0v) is 11.5. The second-order valence-electron chi connectivity index (χ2n) is 5.12. The van der Waals surface area contributed by atoms with Crippen LogP contribution in [0.4, 0.5) is 0 Å².